The standard InChI is InChI=1S/C30H22F2N4O10/c31-24-19(7-3-11-35-24)28(39)43-16-30(41)23(45-27(38)18-6-2-10-34-14-18)22(44-29(40)20-8-4-12-36-25(20)32)21(46-30)15-42-26(37)17-5-1-9-33-13-17/h1-14,21-23,41H,15-16H2. The van der Waals surface area contributed by atoms with Gasteiger partial charge in [-0.3, -0.25) is 9.97 Å². The molecule has 0 radical (unpaired) electrons. The zero-order valence-electron chi connectivity index (χ0n) is 23.4. The van der Waals surface area contributed by atoms with Gasteiger partial charge in [0.2, 0.25) is 17.7 Å². The molecule has 14 nitrogen and oxygen atoms in total. The number of halogens is 2. The van der Waals surface area contributed by atoms with E-state index >= 15 is 0 Å². The first-order chi connectivity index (χ1) is 22.2. The van der Waals surface area contributed by atoms with Gasteiger partial charge in [0.15, 0.2) is 12.2 Å². The molecule has 236 valence electrons. The van der Waals surface area contributed by atoms with Crippen molar-refractivity contribution in [3.8, 4) is 0 Å². The average molecular weight is 637 g/mol. The first kappa shape index (κ1) is 31.7. The van der Waals surface area contributed by atoms with E-state index in [9.17, 15) is 33.1 Å². The van der Waals surface area contributed by atoms with Crippen molar-refractivity contribution in [3.05, 3.63) is 120 Å². The Labute approximate surface area is 257 Å². The quantitative estimate of drug-likeness (QED) is 0.151. The summed E-state index contributed by atoms with van der Waals surface area (Å²) in [6.45, 7) is -1.84. The number of carbonyl (C=O) groups excluding carboxylic acids is 4. The average Bonchev–Trinajstić information content (AvgIpc) is 3.33. The van der Waals surface area contributed by atoms with E-state index in [1.165, 1.54) is 55.0 Å². The number of ether oxygens (including phenoxy) is 5. The Hall–Kier alpha value is -5.74. The molecular weight excluding hydrogens is 614 g/mol. The van der Waals surface area contributed by atoms with E-state index < -0.39 is 84.2 Å². The molecule has 4 aromatic rings. The minimum atomic E-state index is -2.80. The molecule has 5 heterocycles. The third kappa shape index (κ3) is 7.14. The second kappa shape index (κ2) is 13.9. The van der Waals surface area contributed by atoms with Crippen LogP contribution in [-0.2, 0) is 23.7 Å². The van der Waals surface area contributed by atoms with Crippen molar-refractivity contribution < 1.29 is 56.7 Å². The molecule has 0 aliphatic carbocycles. The number of aliphatic hydroxyl groups is 1. The van der Waals surface area contributed by atoms with E-state index in [2.05, 4.69) is 19.9 Å². The summed E-state index contributed by atoms with van der Waals surface area (Å²) in [5.74, 6) is -9.74. The van der Waals surface area contributed by atoms with Gasteiger partial charge in [0.1, 0.15) is 30.4 Å². The largest absolute Gasteiger partial charge is 0.459 e. The summed E-state index contributed by atoms with van der Waals surface area (Å²) in [5, 5.41) is 11.6. The maximum atomic E-state index is 14.4. The molecule has 1 N–H and O–H groups in total. The van der Waals surface area contributed by atoms with Gasteiger partial charge in [0.05, 0.1) is 11.1 Å². The van der Waals surface area contributed by atoms with E-state index in [4.69, 9.17) is 23.7 Å². The van der Waals surface area contributed by atoms with Crippen LogP contribution in [0.3, 0.4) is 0 Å². The lowest BCUT2D eigenvalue weighted by molar-refractivity contribution is -0.247. The third-order valence-electron chi connectivity index (χ3n) is 6.48. The fourth-order valence-corrected chi connectivity index (χ4v) is 4.29. The molecule has 1 saturated heterocycles. The minimum Gasteiger partial charge on any atom is -0.459 e. The normalized spacial score (nSPS) is 20.4. The molecule has 16 heteroatoms. The third-order valence-corrected chi connectivity index (χ3v) is 6.48. The van der Waals surface area contributed by atoms with Crippen LogP contribution in [-0.4, -0.2) is 86.2 Å². The predicted octanol–water partition coefficient (Wildman–Crippen LogP) is 2.10. The summed E-state index contributed by atoms with van der Waals surface area (Å²) in [4.78, 5) is 65.9. The van der Waals surface area contributed by atoms with Gasteiger partial charge in [-0.2, -0.15) is 8.78 Å². The minimum absolute atomic E-state index is 0.0358. The Kier molecular flexibility index (Phi) is 9.58. The van der Waals surface area contributed by atoms with Crippen LogP contribution in [0.1, 0.15) is 41.4 Å². The number of rotatable bonds is 10. The van der Waals surface area contributed by atoms with Crippen LogP contribution in [0.2, 0.25) is 0 Å². The number of aromatic nitrogens is 4. The Morgan fingerprint density at radius 3 is 1.87 bits per heavy atom. The molecule has 4 aromatic heterocycles. The molecule has 0 spiro atoms. The van der Waals surface area contributed by atoms with Gasteiger partial charge in [-0.05, 0) is 48.5 Å². The smallest absolute Gasteiger partial charge is 0.343 e. The van der Waals surface area contributed by atoms with Crippen molar-refractivity contribution in [2.45, 2.75) is 24.1 Å². The SMILES string of the molecule is O=C(OCC1OC(O)(COC(=O)c2cccnc2F)C(OC(=O)c2cccnc2)C1OC(=O)c1cccnc1F)c1cccnc1. The molecule has 0 aromatic carbocycles. The van der Waals surface area contributed by atoms with Crippen molar-refractivity contribution in [1.29, 1.82) is 0 Å². The van der Waals surface area contributed by atoms with Crippen LogP contribution >= 0.6 is 0 Å². The number of hydrogen-bond donors (Lipinski definition) is 1. The molecule has 0 saturated carbocycles. The molecule has 1 aliphatic rings. The summed E-state index contributed by atoms with van der Waals surface area (Å²) in [5.41, 5.74) is -1.28. The number of pyridine rings is 4. The van der Waals surface area contributed by atoms with Crippen molar-refractivity contribution in [1.82, 2.24) is 19.9 Å². The first-order valence-electron chi connectivity index (χ1n) is 13.3. The lowest BCUT2D eigenvalue weighted by Crippen LogP contribution is -2.51. The van der Waals surface area contributed by atoms with Gasteiger partial charge in [0.25, 0.3) is 0 Å². The van der Waals surface area contributed by atoms with Gasteiger partial charge in [-0.15, -0.1) is 0 Å². The van der Waals surface area contributed by atoms with Crippen LogP contribution in [0.5, 0.6) is 0 Å². The van der Waals surface area contributed by atoms with Gasteiger partial charge in [-0.1, -0.05) is 0 Å². The molecule has 5 rings (SSSR count). The van der Waals surface area contributed by atoms with Crippen LogP contribution in [0.15, 0.2) is 85.7 Å². The summed E-state index contributed by atoms with van der Waals surface area (Å²) in [7, 11) is 0. The number of nitrogens with zero attached hydrogens (tertiary/aromatic N) is 4. The van der Waals surface area contributed by atoms with E-state index in [0.29, 0.717) is 0 Å². The second-order valence-electron chi connectivity index (χ2n) is 9.54. The van der Waals surface area contributed by atoms with Gasteiger partial charge < -0.3 is 28.8 Å². The molecule has 4 atom stereocenters. The predicted molar refractivity (Wildman–Crippen MR) is 146 cm³/mol. The Morgan fingerprint density at radius 1 is 0.739 bits per heavy atom. The summed E-state index contributed by atoms with van der Waals surface area (Å²) < 4.78 is 55.5. The van der Waals surface area contributed by atoms with Crippen molar-refractivity contribution in [2.24, 2.45) is 0 Å². The number of esters is 4. The topological polar surface area (TPSA) is 186 Å². The highest BCUT2D eigenvalue weighted by Crippen LogP contribution is 2.36. The molecule has 0 amide bonds. The highest BCUT2D eigenvalue weighted by Gasteiger charge is 2.60. The molecular formula is C30H22F2N4O10. The second-order valence-corrected chi connectivity index (χ2v) is 9.54. The van der Waals surface area contributed by atoms with E-state index in [-0.39, 0.29) is 11.1 Å². The highest BCUT2D eigenvalue weighted by molar-refractivity contribution is 5.91. The van der Waals surface area contributed by atoms with Crippen LogP contribution < -0.4 is 0 Å². The van der Waals surface area contributed by atoms with Gasteiger partial charge >= 0.3 is 23.9 Å². The van der Waals surface area contributed by atoms with Crippen molar-refractivity contribution in [2.75, 3.05) is 13.2 Å². The molecule has 1 fully saturated rings. The van der Waals surface area contributed by atoms with E-state index in [0.717, 1.165) is 30.7 Å². The maximum Gasteiger partial charge on any atom is 0.343 e. The maximum absolute atomic E-state index is 14.4. The van der Waals surface area contributed by atoms with Crippen molar-refractivity contribution >= 4 is 23.9 Å². The van der Waals surface area contributed by atoms with Crippen LogP contribution in [0.25, 0.3) is 0 Å². The van der Waals surface area contributed by atoms with Crippen molar-refractivity contribution in [3.63, 3.8) is 0 Å². The van der Waals surface area contributed by atoms with Crippen LogP contribution in [0.4, 0.5) is 8.78 Å². The lowest BCUT2D eigenvalue weighted by atomic mass is 10.0. The Bertz CT molecular complexity index is 1730. The molecule has 4 unspecified atom stereocenters. The van der Waals surface area contributed by atoms with E-state index in [1.54, 1.807) is 0 Å². The fraction of sp³-hybridized carbons (Fsp3) is 0.200. The summed E-state index contributed by atoms with van der Waals surface area (Å²) in [6.07, 6.45) is 1.91. The molecule has 1 aliphatic heterocycles. The van der Waals surface area contributed by atoms with E-state index in [1.807, 2.05) is 0 Å². The fourth-order valence-electron chi connectivity index (χ4n) is 4.29. The lowest BCUT2D eigenvalue weighted by Gasteiger charge is -2.29. The highest BCUT2D eigenvalue weighted by atomic mass is 19.1. The Balaban J connectivity index is 1.47. The summed E-state index contributed by atoms with van der Waals surface area (Å²) >= 11 is 0. The zero-order valence-corrected chi connectivity index (χ0v) is 23.4. The summed E-state index contributed by atoms with van der Waals surface area (Å²) in [6, 6.07) is 10.3. The first-order valence-corrected chi connectivity index (χ1v) is 13.3. The number of carbonyl (C=O) groups is 4. The number of hydrogen-bond acceptors (Lipinski definition) is 14. The van der Waals surface area contributed by atoms with Gasteiger partial charge in [-0.25, -0.2) is 29.1 Å². The van der Waals surface area contributed by atoms with Crippen LogP contribution in [0, 0.1) is 11.9 Å². The molecule has 0 bridgehead atoms. The van der Waals surface area contributed by atoms with Gasteiger partial charge in [0, 0.05) is 37.2 Å². The monoisotopic (exact) mass is 636 g/mol. The Morgan fingerprint density at radius 2 is 1.30 bits per heavy atom. The zero-order chi connectivity index (χ0) is 32.7. The molecule has 46 heavy (non-hydrogen) atoms.